The summed E-state index contributed by atoms with van der Waals surface area (Å²) < 4.78 is 17.6. The lowest BCUT2D eigenvalue weighted by Gasteiger charge is -2.30. The lowest BCUT2D eigenvalue weighted by atomic mass is 9.82. The van der Waals surface area contributed by atoms with Crippen molar-refractivity contribution in [2.45, 2.75) is 109 Å². The molecule has 1 aliphatic rings. The largest absolute Gasteiger partial charge is 0.493 e. The standard InChI is InChI=1S/C19H28FN.C13H22O.C2H6/c1-6-18-13-17(11-14(2)3)7-8-19(18)12-16(5)15(4)9-10-21-20;1-12(2,3)10-7-8-14-11(9-10)13(4,5)6;1-2/h7-10,13-14,21H,6,11-12H2,1-5H3;7,9H,8H2,1-6H3;1-2H3/b10-9-,16-15-;;. The molecule has 0 amide bonds. The van der Waals surface area contributed by atoms with Gasteiger partial charge in [0.15, 0.2) is 0 Å². The highest BCUT2D eigenvalue weighted by Crippen LogP contribution is 2.35. The Labute approximate surface area is 229 Å². The van der Waals surface area contributed by atoms with Crippen LogP contribution in [0.5, 0.6) is 0 Å². The zero-order valence-corrected chi connectivity index (χ0v) is 26.2. The molecule has 1 aromatic carbocycles. The molecule has 2 nitrogen and oxygen atoms in total. The molecule has 1 N–H and O–H groups in total. The van der Waals surface area contributed by atoms with Crippen LogP contribution in [0.2, 0.25) is 0 Å². The van der Waals surface area contributed by atoms with Crippen LogP contribution >= 0.6 is 0 Å². The van der Waals surface area contributed by atoms with Gasteiger partial charge < -0.3 is 4.74 Å². The van der Waals surface area contributed by atoms with Gasteiger partial charge in [-0.05, 0) is 84.9 Å². The molecule has 0 unspecified atom stereocenters. The van der Waals surface area contributed by atoms with Crippen molar-refractivity contribution in [1.82, 2.24) is 5.54 Å². The average Bonchev–Trinajstić information content (AvgIpc) is 2.83. The number of nitrogens with one attached hydrogen (secondary N) is 1. The molecule has 0 saturated heterocycles. The lowest BCUT2D eigenvalue weighted by molar-refractivity contribution is 0.169. The second-order valence-corrected chi connectivity index (χ2v) is 12.1. The van der Waals surface area contributed by atoms with Crippen molar-refractivity contribution in [3.05, 3.63) is 81.8 Å². The van der Waals surface area contributed by atoms with Crippen LogP contribution in [0.1, 0.15) is 107 Å². The Kier molecular flexibility index (Phi) is 15.5. The van der Waals surface area contributed by atoms with Crippen LogP contribution < -0.4 is 5.54 Å². The Morgan fingerprint density at radius 3 is 2.14 bits per heavy atom. The van der Waals surface area contributed by atoms with Gasteiger partial charge in [0.2, 0.25) is 0 Å². The van der Waals surface area contributed by atoms with E-state index in [-0.39, 0.29) is 10.8 Å². The predicted octanol–water partition coefficient (Wildman–Crippen LogP) is 10.3. The van der Waals surface area contributed by atoms with E-state index in [4.69, 9.17) is 4.74 Å². The zero-order chi connectivity index (χ0) is 28.8. The third-order valence-corrected chi connectivity index (χ3v) is 6.25. The van der Waals surface area contributed by atoms with Crippen LogP contribution in [0, 0.1) is 16.7 Å². The Morgan fingerprint density at radius 2 is 1.65 bits per heavy atom. The molecule has 37 heavy (non-hydrogen) atoms. The van der Waals surface area contributed by atoms with Gasteiger partial charge in [-0.1, -0.05) is 106 Å². The Balaban J connectivity index is 0.000000702. The van der Waals surface area contributed by atoms with Crippen LogP contribution in [-0.4, -0.2) is 6.61 Å². The summed E-state index contributed by atoms with van der Waals surface area (Å²) in [6.07, 6.45) is 10.6. The first-order valence-corrected chi connectivity index (χ1v) is 14.0. The topological polar surface area (TPSA) is 21.3 Å². The molecule has 0 aromatic heterocycles. The molecular formula is C34H56FNO. The maximum atomic E-state index is 12.0. The maximum Gasteiger partial charge on any atom is 0.107 e. The SMILES string of the molecule is CC.CC(C)(C)C1=CCOC(C(C)(C)C)=C1.CCc1cc(CC(C)C)ccc1C/C(C)=C(C)\C=C/NF. The van der Waals surface area contributed by atoms with E-state index in [9.17, 15) is 4.48 Å². The maximum absolute atomic E-state index is 12.0. The summed E-state index contributed by atoms with van der Waals surface area (Å²) in [4.78, 5) is 0. The van der Waals surface area contributed by atoms with Gasteiger partial charge in [-0.15, -0.1) is 4.48 Å². The van der Waals surface area contributed by atoms with E-state index < -0.39 is 0 Å². The highest BCUT2D eigenvalue weighted by atomic mass is 19.2. The lowest BCUT2D eigenvalue weighted by Crippen LogP contribution is -2.19. The zero-order valence-electron chi connectivity index (χ0n) is 26.2. The molecule has 0 aliphatic carbocycles. The number of ether oxygens (including phenoxy) is 1. The van der Waals surface area contributed by atoms with Gasteiger partial charge in [-0.2, -0.15) is 0 Å². The molecule has 0 radical (unpaired) electrons. The van der Waals surface area contributed by atoms with Crippen LogP contribution in [0.15, 0.2) is 65.1 Å². The molecule has 1 aromatic rings. The average molecular weight is 514 g/mol. The van der Waals surface area contributed by atoms with Gasteiger partial charge in [0, 0.05) is 11.6 Å². The van der Waals surface area contributed by atoms with Crippen LogP contribution in [0.3, 0.4) is 0 Å². The van der Waals surface area contributed by atoms with Crippen molar-refractivity contribution in [2.24, 2.45) is 16.7 Å². The number of allylic oxidation sites excluding steroid dienone is 6. The van der Waals surface area contributed by atoms with Gasteiger partial charge in [-0.3, -0.25) is 0 Å². The molecule has 0 saturated carbocycles. The van der Waals surface area contributed by atoms with E-state index in [1.165, 1.54) is 34.0 Å². The summed E-state index contributed by atoms with van der Waals surface area (Å²) in [6.45, 7) is 28.8. The fraction of sp³-hybridized carbons (Fsp3) is 0.588. The molecule has 0 spiro atoms. The fourth-order valence-electron chi connectivity index (χ4n) is 3.92. The molecule has 1 heterocycles. The van der Waals surface area contributed by atoms with E-state index in [0.717, 1.165) is 37.2 Å². The minimum Gasteiger partial charge on any atom is -0.493 e. The monoisotopic (exact) mass is 513 g/mol. The summed E-state index contributed by atoms with van der Waals surface area (Å²) in [7, 11) is 0. The smallest absolute Gasteiger partial charge is 0.107 e. The van der Waals surface area contributed by atoms with Gasteiger partial charge in [0.25, 0.3) is 0 Å². The summed E-state index contributed by atoms with van der Waals surface area (Å²) in [5.41, 5.74) is 9.87. The highest BCUT2D eigenvalue weighted by molar-refractivity contribution is 5.37. The van der Waals surface area contributed by atoms with E-state index >= 15 is 0 Å². The highest BCUT2D eigenvalue weighted by Gasteiger charge is 2.24. The van der Waals surface area contributed by atoms with Gasteiger partial charge in [0.05, 0.1) is 0 Å². The molecule has 210 valence electrons. The number of aryl methyl sites for hydroxylation is 1. The first kappa shape index (κ1) is 34.7. The number of benzene rings is 1. The van der Waals surface area contributed by atoms with E-state index in [2.05, 4.69) is 99.6 Å². The molecule has 2 rings (SSSR count). The van der Waals surface area contributed by atoms with Crippen molar-refractivity contribution in [1.29, 1.82) is 0 Å². The summed E-state index contributed by atoms with van der Waals surface area (Å²) in [5.74, 6) is 1.78. The number of hydrogen-bond donors (Lipinski definition) is 1. The van der Waals surface area contributed by atoms with Crippen molar-refractivity contribution in [2.75, 3.05) is 6.61 Å². The number of rotatable bonds is 7. The number of hydrogen-bond acceptors (Lipinski definition) is 2. The quantitative estimate of drug-likeness (QED) is 0.289. The second-order valence-electron chi connectivity index (χ2n) is 12.1. The predicted molar refractivity (Wildman–Crippen MR) is 162 cm³/mol. The van der Waals surface area contributed by atoms with E-state index in [1.807, 2.05) is 20.8 Å². The molecule has 0 fully saturated rings. The Morgan fingerprint density at radius 1 is 1.03 bits per heavy atom. The van der Waals surface area contributed by atoms with Crippen LogP contribution in [0.25, 0.3) is 0 Å². The van der Waals surface area contributed by atoms with Crippen molar-refractivity contribution in [3.8, 4) is 0 Å². The minimum atomic E-state index is 0.116. The second kappa shape index (κ2) is 16.5. The van der Waals surface area contributed by atoms with Crippen molar-refractivity contribution < 1.29 is 9.22 Å². The molecule has 3 heteroatoms. The summed E-state index contributed by atoms with van der Waals surface area (Å²) in [6, 6.07) is 6.84. The van der Waals surface area contributed by atoms with Crippen molar-refractivity contribution >= 4 is 0 Å². The molecule has 0 bridgehead atoms. The van der Waals surface area contributed by atoms with Gasteiger partial charge in [0.1, 0.15) is 12.4 Å². The first-order valence-electron chi connectivity index (χ1n) is 14.0. The summed E-state index contributed by atoms with van der Waals surface area (Å²) in [5, 5.41) is 0. The van der Waals surface area contributed by atoms with Gasteiger partial charge >= 0.3 is 0 Å². The third-order valence-electron chi connectivity index (χ3n) is 6.25. The van der Waals surface area contributed by atoms with Gasteiger partial charge in [-0.25, -0.2) is 5.54 Å². The summed E-state index contributed by atoms with van der Waals surface area (Å²) >= 11 is 0. The van der Waals surface area contributed by atoms with Crippen molar-refractivity contribution in [3.63, 3.8) is 0 Å². The van der Waals surface area contributed by atoms with Crippen LogP contribution in [-0.2, 0) is 24.0 Å². The Hall–Kier alpha value is -2.29. The normalized spacial score (nSPS) is 14.5. The third kappa shape index (κ3) is 13.2. The van der Waals surface area contributed by atoms with E-state index in [0.29, 0.717) is 5.92 Å². The van der Waals surface area contributed by atoms with E-state index in [1.54, 1.807) is 11.6 Å². The molecular weight excluding hydrogens is 457 g/mol. The van der Waals surface area contributed by atoms with Crippen LogP contribution in [0.4, 0.5) is 4.48 Å². The number of halogens is 1. The minimum absolute atomic E-state index is 0.116. The molecule has 1 aliphatic heterocycles. The Bertz CT molecular complexity index is 934. The molecule has 0 atom stereocenters. The first-order chi connectivity index (χ1) is 17.2. The fourth-order valence-corrected chi connectivity index (χ4v) is 3.92.